The average molecular weight is 492 g/mol. The van der Waals surface area contributed by atoms with Crippen molar-refractivity contribution in [2.45, 2.75) is 155 Å². The SMILES string of the molecule is CCCCCCCCCCCCC(=O)[O-].CCCCCCCCCCCCC(=O)[O-].[Zn+2]. The van der Waals surface area contributed by atoms with E-state index in [9.17, 15) is 19.8 Å². The molecule has 0 amide bonds. The largest absolute Gasteiger partial charge is 2.00 e. The fraction of sp³-hybridized carbons (Fsp3) is 0.923. The Hall–Kier alpha value is -0.437. The number of carboxylic acid groups (broad SMARTS) is 2. The molecule has 180 valence electrons. The Morgan fingerprint density at radius 3 is 0.806 bits per heavy atom. The van der Waals surface area contributed by atoms with Crippen LogP contribution in [0.5, 0.6) is 0 Å². The summed E-state index contributed by atoms with van der Waals surface area (Å²) in [6.45, 7) is 4.47. The topological polar surface area (TPSA) is 80.3 Å². The summed E-state index contributed by atoms with van der Waals surface area (Å²) in [5.74, 6) is -1.82. The predicted octanol–water partition coefficient (Wildman–Crippen LogP) is 6.09. The van der Waals surface area contributed by atoms with Crippen molar-refractivity contribution in [3.63, 3.8) is 0 Å². The normalized spacial score (nSPS) is 10.1. The fourth-order valence-electron chi connectivity index (χ4n) is 3.51. The van der Waals surface area contributed by atoms with E-state index < -0.39 is 11.9 Å². The molecule has 0 heterocycles. The molecule has 5 heteroatoms. The minimum absolute atomic E-state index is 0. The van der Waals surface area contributed by atoms with Crippen LogP contribution in [0.4, 0.5) is 0 Å². The minimum atomic E-state index is -0.908. The second-order valence-corrected chi connectivity index (χ2v) is 8.61. The quantitative estimate of drug-likeness (QED) is 0.135. The molecule has 0 atom stereocenters. The third-order valence-corrected chi connectivity index (χ3v) is 5.47. The Morgan fingerprint density at radius 2 is 0.613 bits per heavy atom. The Bertz CT molecular complexity index is 327. The van der Waals surface area contributed by atoms with Gasteiger partial charge in [-0.25, -0.2) is 0 Å². The first-order valence-electron chi connectivity index (χ1n) is 12.9. The zero-order valence-corrected chi connectivity index (χ0v) is 23.9. The molecule has 0 aromatic heterocycles. The first-order chi connectivity index (χ1) is 14.5. The molecule has 31 heavy (non-hydrogen) atoms. The molecule has 0 bridgehead atoms. The van der Waals surface area contributed by atoms with Gasteiger partial charge < -0.3 is 19.8 Å². The first kappa shape index (κ1) is 35.2. The van der Waals surface area contributed by atoms with Crippen molar-refractivity contribution in [2.75, 3.05) is 0 Å². The van der Waals surface area contributed by atoms with E-state index in [1.165, 1.54) is 103 Å². The van der Waals surface area contributed by atoms with Crippen molar-refractivity contribution >= 4 is 11.9 Å². The molecule has 0 rings (SSSR count). The number of hydrogen-bond acceptors (Lipinski definition) is 4. The maximum Gasteiger partial charge on any atom is 2.00 e. The van der Waals surface area contributed by atoms with Crippen LogP contribution in [0.2, 0.25) is 0 Å². The first-order valence-corrected chi connectivity index (χ1v) is 12.9. The van der Waals surface area contributed by atoms with Crippen LogP contribution in [-0.2, 0) is 29.1 Å². The Balaban J connectivity index is -0.000000490. The summed E-state index contributed by atoms with van der Waals surface area (Å²) in [6.07, 6.45) is 25.2. The Labute approximate surface area is 206 Å². The van der Waals surface area contributed by atoms with Crippen molar-refractivity contribution < 1.29 is 39.3 Å². The maximum atomic E-state index is 10.1. The van der Waals surface area contributed by atoms with Crippen molar-refractivity contribution in [1.82, 2.24) is 0 Å². The van der Waals surface area contributed by atoms with Crippen LogP contribution in [-0.4, -0.2) is 11.9 Å². The number of hydrogen-bond donors (Lipinski definition) is 0. The summed E-state index contributed by atoms with van der Waals surface area (Å²) in [7, 11) is 0. The van der Waals surface area contributed by atoms with E-state index >= 15 is 0 Å². The summed E-state index contributed by atoms with van der Waals surface area (Å²) in [5, 5.41) is 20.2. The van der Waals surface area contributed by atoms with Crippen LogP contribution in [0, 0.1) is 0 Å². The zero-order valence-electron chi connectivity index (χ0n) is 20.9. The van der Waals surface area contributed by atoms with E-state index in [0.717, 1.165) is 25.7 Å². The summed E-state index contributed by atoms with van der Waals surface area (Å²) in [6, 6.07) is 0. The van der Waals surface area contributed by atoms with Crippen LogP contribution >= 0.6 is 0 Å². The number of aliphatic carboxylic acids is 2. The molecule has 0 fully saturated rings. The van der Waals surface area contributed by atoms with E-state index in [2.05, 4.69) is 13.8 Å². The second-order valence-electron chi connectivity index (χ2n) is 8.61. The van der Waals surface area contributed by atoms with Gasteiger partial charge in [0.2, 0.25) is 0 Å². The number of carbonyl (C=O) groups excluding carboxylic acids is 2. The summed E-state index contributed by atoms with van der Waals surface area (Å²) >= 11 is 0. The van der Waals surface area contributed by atoms with E-state index in [0.29, 0.717) is 0 Å². The predicted molar refractivity (Wildman–Crippen MR) is 123 cm³/mol. The monoisotopic (exact) mass is 490 g/mol. The van der Waals surface area contributed by atoms with Gasteiger partial charge in [0, 0.05) is 11.9 Å². The van der Waals surface area contributed by atoms with Gasteiger partial charge in [-0.2, -0.15) is 0 Å². The van der Waals surface area contributed by atoms with Crippen LogP contribution in [0.1, 0.15) is 155 Å². The summed E-state index contributed by atoms with van der Waals surface area (Å²) < 4.78 is 0. The number of carboxylic acids is 2. The molecule has 0 aliphatic carbocycles. The fourth-order valence-corrected chi connectivity index (χ4v) is 3.51. The molecule has 0 aromatic carbocycles. The van der Waals surface area contributed by atoms with Crippen molar-refractivity contribution in [3.05, 3.63) is 0 Å². The molecule has 0 aliphatic rings. The smallest absolute Gasteiger partial charge is 0.550 e. The van der Waals surface area contributed by atoms with E-state index in [4.69, 9.17) is 0 Å². The molecule has 0 unspecified atom stereocenters. The molecule has 0 aromatic rings. The third-order valence-electron chi connectivity index (χ3n) is 5.47. The minimum Gasteiger partial charge on any atom is -0.550 e. The Morgan fingerprint density at radius 1 is 0.419 bits per heavy atom. The molecule has 0 aliphatic heterocycles. The van der Waals surface area contributed by atoms with Crippen LogP contribution in [0.3, 0.4) is 0 Å². The molecular formula is C26H50O4Zn. The number of rotatable bonds is 22. The van der Waals surface area contributed by atoms with Crippen LogP contribution in [0.15, 0.2) is 0 Å². The summed E-state index contributed by atoms with van der Waals surface area (Å²) in [4.78, 5) is 20.2. The molecular weight excluding hydrogens is 442 g/mol. The standard InChI is InChI=1S/2C13H26O2.Zn/c2*1-2-3-4-5-6-7-8-9-10-11-12-13(14)15;/h2*2-12H2,1H3,(H,14,15);/q;;+2/p-2. The molecule has 4 nitrogen and oxygen atoms in total. The van der Waals surface area contributed by atoms with Crippen molar-refractivity contribution in [3.8, 4) is 0 Å². The van der Waals surface area contributed by atoms with Gasteiger partial charge in [0.25, 0.3) is 0 Å². The second kappa shape index (κ2) is 31.7. The van der Waals surface area contributed by atoms with Gasteiger partial charge in [-0.05, 0) is 25.7 Å². The summed E-state index contributed by atoms with van der Waals surface area (Å²) in [5.41, 5.74) is 0. The average Bonchev–Trinajstić information content (AvgIpc) is 2.71. The van der Waals surface area contributed by atoms with Gasteiger partial charge in [-0.15, -0.1) is 0 Å². The van der Waals surface area contributed by atoms with Crippen LogP contribution < -0.4 is 10.2 Å². The number of carbonyl (C=O) groups is 2. The Kier molecular flexibility index (Phi) is 36.0. The molecule has 0 saturated carbocycles. The third kappa shape index (κ3) is 40.5. The molecule has 0 spiro atoms. The van der Waals surface area contributed by atoms with Gasteiger partial charge in [0.15, 0.2) is 0 Å². The van der Waals surface area contributed by atoms with Crippen LogP contribution in [0.25, 0.3) is 0 Å². The number of unbranched alkanes of at least 4 members (excludes halogenated alkanes) is 18. The van der Waals surface area contributed by atoms with Gasteiger partial charge in [0.1, 0.15) is 0 Å². The maximum absolute atomic E-state index is 10.1. The van der Waals surface area contributed by atoms with Gasteiger partial charge >= 0.3 is 19.5 Å². The van der Waals surface area contributed by atoms with Gasteiger partial charge in [-0.3, -0.25) is 0 Å². The van der Waals surface area contributed by atoms with Gasteiger partial charge in [-0.1, -0.05) is 129 Å². The van der Waals surface area contributed by atoms with Crippen molar-refractivity contribution in [2.24, 2.45) is 0 Å². The van der Waals surface area contributed by atoms with E-state index in [-0.39, 0.29) is 32.3 Å². The zero-order chi connectivity index (χ0) is 22.7. The molecule has 0 radical (unpaired) electrons. The van der Waals surface area contributed by atoms with E-state index in [1.54, 1.807) is 0 Å². The molecule has 0 N–H and O–H groups in total. The van der Waals surface area contributed by atoms with Gasteiger partial charge in [0.05, 0.1) is 0 Å². The van der Waals surface area contributed by atoms with E-state index in [1.807, 2.05) is 0 Å². The molecule has 0 saturated heterocycles. The van der Waals surface area contributed by atoms with Crippen molar-refractivity contribution in [1.29, 1.82) is 0 Å².